The van der Waals surface area contributed by atoms with Crippen molar-refractivity contribution in [2.45, 2.75) is 31.8 Å². The minimum absolute atomic E-state index is 0.0123. The van der Waals surface area contributed by atoms with Crippen molar-refractivity contribution in [2.24, 2.45) is 0 Å². The summed E-state index contributed by atoms with van der Waals surface area (Å²) in [5, 5.41) is 0. The van der Waals surface area contributed by atoms with Gasteiger partial charge in [0.15, 0.2) is 0 Å². The average molecular weight is 248 g/mol. The Hall–Kier alpha value is -1.91. The number of likely N-dealkylation sites (tertiary alicyclic amines) is 1. The van der Waals surface area contributed by atoms with Gasteiger partial charge in [-0.15, -0.1) is 0 Å². The molecule has 0 aromatic carbocycles. The zero-order valence-electron chi connectivity index (χ0n) is 10.5. The molecule has 2 unspecified atom stereocenters. The van der Waals surface area contributed by atoms with Crippen LogP contribution >= 0.6 is 0 Å². The second kappa shape index (κ2) is 5.16. The molecule has 0 radical (unpaired) electrons. The fraction of sp³-hybridized carbons (Fsp3) is 0.462. The number of amides is 1. The van der Waals surface area contributed by atoms with Crippen LogP contribution in [0.1, 0.15) is 31.4 Å². The Bertz CT molecular complexity index is 447. The summed E-state index contributed by atoms with van der Waals surface area (Å²) in [6.07, 6.45) is 4.31. The molecule has 1 aliphatic heterocycles. The van der Waals surface area contributed by atoms with Crippen LogP contribution in [0.5, 0.6) is 0 Å². The molecule has 5 heteroatoms. The molecule has 0 N–H and O–H groups in total. The topological polar surface area (TPSA) is 59.5 Å². The first-order chi connectivity index (χ1) is 8.65. The van der Waals surface area contributed by atoms with E-state index in [0.29, 0.717) is 12.8 Å². The van der Waals surface area contributed by atoms with Crippen LogP contribution in [0.25, 0.3) is 0 Å². The molecule has 1 amide bonds. The Morgan fingerprint density at radius 3 is 3.00 bits per heavy atom. The van der Waals surface area contributed by atoms with Crippen molar-refractivity contribution in [2.75, 3.05) is 7.11 Å². The first-order valence-corrected chi connectivity index (χ1v) is 5.94. The van der Waals surface area contributed by atoms with Gasteiger partial charge >= 0.3 is 5.97 Å². The molecular formula is C13H16N2O3. The van der Waals surface area contributed by atoms with Crippen LogP contribution in [0.3, 0.4) is 0 Å². The van der Waals surface area contributed by atoms with E-state index in [0.717, 1.165) is 5.56 Å². The molecule has 2 heterocycles. The summed E-state index contributed by atoms with van der Waals surface area (Å²) in [5.41, 5.74) is 0.918. The number of ether oxygens (including phenoxy) is 1. The first-order valence-electron chi connectivity index (χ1n) is 5.94. The fourth-order valence-electron chi connectivity index (χ4n) is 2.34. The van der Waals surface area contributed by atoms with Crippen molar-refractivity contribution in [1.82, 2.24) is 9.88 Å². The van der Waals surface area contributed by atoms with Crippen LogP contribution < -0.4 is 0 Å². The van der Waals surface area contributed by atoms with E-state index in [4.69, 9.17) is 4.74 Å². The maximum atomic E-state index is 11.9. The zero-order chi connectivity index (χ0) is 13.1. The molecule has 96 valence electrons. The summed E-state index contributed by atoms with van der Waals surface area (Å²) in [7, 11) is 1.35. The van der Waals surface area contributed by atoms with E-state index in [1.165, 1.54) is 7.11 Å². The number of esters is 1. The lowest BCUT2D eigenvalue weighted by molar-refractivity contribution is -0.150. The van der Waals surface area contributed by atoms with Crippen molar-refractivity contribution in [3.63, 3.8) is 0 Å². The monoisotopic (exact) mass is 248 g/mol. The summed E-state index contributed by atoms with van der Waals surface area (Å²) in [6, 6.07) is 3.08. The lowest BCUT2D eigenvalue weighted by Crippen LogP contribution is -2.40. The number of methoxy groups -OCH3 is 1. The predicted molar refractivity (Wildman–Crippen MR) is 64.5 cm³/mol. The van der Waals surface area contributed by atoms with Gasteiger partial charge in [-0.1, -0.05) is 6.07 Å². The maximum Gasteiger partial charge on any atom is 0.328 e. The summed E-state index contributed by atoms with van der Waals surface area (Å²) in [4.78, 5) is 29.2. The number of hydrogen-bond acceptors (Lipinski definition) is 4. The van der Waals surface area contributed by atoms with Crippen molar-refractivity contribution in [1.29, 1.82) is 0 Å². The summed E-state index contributed by atoms with van der Waals surface area (Å²) in [5.74, 6) is -0.363. The van der Waals surface area contributed by atoms with E-state index in [-0.39, 0.29) is 17.9 Å². The fourth-order valence-corrected chi connectivity index (χ4v) is 2.34. The minimum atomic E-state index is -0.474. The van der Waals surface area contributed by atoms with E-state index >= 15 is 0 Å². The third-order valence-corrected chi connectivity index (χ3v) is 3.31. The molecule has 0 spiro atoms. The van der Waals surface area contributed by atoms with Gasteiger partial charge in [-0.3, -0.25) is 9.78 Å². The minimum Gasteiger partial charge on any atom is -0.467 e. The van der Waals surface area contributed by atoms with E-state index in [1.54, 1.807) is 17.3 Å². The van der Waals surface area contributed by atoms with E-state index in [9.17, 15) is 9.59 Å². The molecule has 18 heavy (non-hydrogen) atoms. The van der Waals surface area contributed by atoms with Crippen LogP contribution in [0.15, 0.2) is 24.5 Å². The lowest BCUT2D eigenvalue weighted by atomic mass is 10.1. The number of pyridine rings is 1. The number of rotatable bonds is 3. The summed E-state index contributed by atoms with van der Waals surface area (Å²) >= 11 is 0. The number of nitrogens with zero attached hydrogens (tertiary/aromatic N) is 2. The Morgan fingerprint density at radius 2 is 2.39 bits per heavy atom. The van der Waals surface area contributed by atoms with Crippen LogP contribution in [-0.2, 0) is 14.3 Å². The molecule has 2 atom stereocenters. The highest BCUT2D eigenvalue weighted by Gasteiger charge is 2.39. The number of hydrogen-bond donors (Lipinski definition) is 0. The third kappa shape index (κ3) is 2.20. The zero-order valence-corrected chi connectivity index (χ0v) is 10.5. The Kier molecular flexibility index (Phi) is 3.60. The predicted octanol–water partition coefficient (Wildman–Crippen LogP) is 1.31. The number of carbonyl (C=O) groups is 2. The van der Waals surface area contributed by atoms with Gasteiger partial charge in [0.1, 0.15) is 6.04 Å². The summed E-state index contributed by atoms with van der Waals surface area (Å²) in [6.45, 7) is 1.90. The molecule has 5 nitrogen and oxygen atoms in total. The standard InChI is InChI=1S/C13H16N2O3/c1-9(10-4-3-7-14-8-10)15-11(13(17)18-2)5-6-12(15)16/h3-4,7-9,11H,5-6H2,1-2H3. The summed E-state index contributed by atoms with van der Waals surface area (Å²) < 4.78 is 4.75. The largest absolute Gasteiger partial charge is 0.467 e. The Labute approximate surface area is 106 Å². The highest BCUT2D eigenvalue weighted by molar-refractivity contribution is 5.88. The lowest BCUT2D eigenvalue weighted by Gasteiger charge is -2.29. The van der Waals surface area contributed by atoms with Gasteiger partial charge in [-0.2, -0.15) is 0 Å². The molecule has 1 saturated heterocycles. The van der Waals surface area contributed by atoms with Gasteiger partial charge in [0.2, 0.25) is 5.91 Å². The molecule has 1 fully saturated rings. The van der Waals surface area contributed by atoms with Gasteiger partial charge in [-0.05, 0) is 25.0 Å². The number of carbonyl (C=O) groups excluding carboxylic acids is 2. The van der Waals surface area contributed by atoms with Gasteiger partial charge in [0, 0.05) is 18.8 Å². The molecule has 1 aromatic rings. The van der Waals surface area contributed by atoms with Gasteiger partial charge in [0.05, 0.1) is 13.2 Å². The molecular weight excluding hydrogens is 232 g/mol. The SMILES string of the molecule is COC(=O)C1CCC(=O)N1C(C)c1cccnc1. The smallest absolute Gasteiger partial charge is 0.328 e. The highest BCUT2D eigenvalue weighted by Crippen LogP contribution is 2.30. The third-order valence-electron chi connectivity index (χ3n) is 3.31. The molecule has 0 saturated carbocycles. The van der Waals surface area contributed by atoms with Crippen molar-refractivity contribution in [3.8, 4) is 0 Å². The van der Waals surface area contributed by atoms with Crippen molar-refractivity contribution >= 4 is 11.9 Å². The van der Waals surface area contributed by atoms with Crippen LogP contribution in [0, 0.1) is 0 Å². The van der Waals surface area contributed by atoms with Gasteiger partial charge in [-0.25, -0.2) is 4.79 Å². The highest BCUT2D eigenvalue weighted by atomic mass is 16.5. The second-order valence-corrected chi connectivity index (χ2v) is 4.34. The Morgan fingerprint density at radius 1 is 1.61 bits per heavy atom. The number of aromatic nitrogens is 1. The molecule has 0 aliphatic carbocycles. The quantitative estimate of drug-likeness (QED) is 0.757. The molecule has 2 rings (SSSR count). The van der Waals surface area contributed by atoms with Crippen LogP contribution in [-0.4, -0.2) is 34.9 Å². The molecule has 1 aromatic heterocycles. The van der Waals surface area contributed by atoms with Crippen LogP contribution in [0.2, 0.25) is 0 Å². The first kappa shape index (κ1) is 12.5. The van der Waals surface area contributed by atoms with Gasteiger partial charge in [0.25, 0.3) is 0 Å². The Balaban J connectivity index is 2.24. The van der Waals surface area contributed by atoms with Crippen LogP contribution in [0.4, 0.5) is 0 Å². The van der Waals surface area contributed by atoms with Crippen molar-refractivity contribution < 1.29 is 14.3 Å². The normalized spacial score (nSPS) is 20.9. The van der Waals surface area contributed by atoms with E-state index in [2.05, 4.69) is 4.98 Å². The molecule has 0 bridgehead atoms. The van der Waals surface area contributed by atoms with Gasteiger partial charge < -0.3 is 9.64 Å². The van der Waals surface area contributed by atoms with Crippen molar-refractivity contribution in [3.05, 3.63) is 30.1 Å². The maximum absolute atomic E-state index is 11.9. The van der Waals surface area contributed by atoms with E-state index < -0.39 is 6.04 Å². The molecule has 1 aliphatic rings. The van der Waals surface area contributed by atoms with E-state index in [1.807, 2.05) is 19.1 Å². The average Bonchev–Trinajstić information content (AvgIpc) is 2.80. The second-order valence-electron chi connectivity index (χ2n) is 4.34.